The number of amides is 2. The Labute approximate surface area is 112 Å². The predicted molar refractivity (Wildman–Crippen MR) is 75.8 cm³/mol. The van der Waals surface area contributed by atoms with Crippen LogP contribution in [0, 0.1) is 5.41 Å². The van der Waals surface area contributed by atoms with Crippen molar-refractivity contribution in [2.45, 2.75) is 12.8 Å². The van der Waals surface area contributed by atoms with Gasteiger partial charge in [-0.25, -0.2) is 0 Å². The second-order valence-electron chi connectivity index (χ2n) is 4.52. The summed E-state index contributed by atoms with van der Waals surface area (Å²) in [6.07, 6.45) is 3.70. The van der Waals surface area contributed by atoms with Gasteiger partial charge in [-0.15, -0.1) is 13.2 Å². The largest absolute Gasteiger partial charge is 0.323 e. The minimum absolute atomic E-state index is 0.269. The normalized spacial score (nSPS) is 16.6. The lowest BCUT2D eigenvalue weighted by molar-refractivity contribution is -0.136. The van der Waals surface area contributed by atoms with E-state index in [1.165, 1.54) is 0 Å². The first kappa shape index (κ1) is 13.1. The van der Waals surface area contributed by atoms with Gasteiger partial charge in [0.2, 0.25) is 11.8 Å². The van der Waals surface area contributed by atoms with E-state index in [4.69, 9.17) is 0 Å². The van der Waals surface area contributed by atoms with E-state index in [0.29, 0.717) is 11.4 Å². The van der Waals surface area contributed by atoms with Gasteiger partial charge < -0.3 is 10.6 Å². The minimum atomic E-state index is -1.18. The molecule has 0 spiro atoms. The molecule has 0 fully saturated rings. The third kappa shape index (κ3) is 2.17. The van der Waals surface area contributed by atoms with Crippen LogP contribution in [0.3, 0.4) is 0 Å². The molecule has 0 atom stereocenters. The van der Waals surface area contributed by atoms with E-state index >= 15 is 0 Å². The molecule has 0 bridgehead atoms. The van der Waals surface area contributed by atoms with Gasteiger partial charge in [0, 0.05) is 0 Å². The molecule has 4 heteroatoms. The number of carbonyl (C=O) groups is 2. The minimum Gasteiger partial charge on any atom is -0.323 e. The molecular weight excluding hydrogens is 240 g/mol. The highest BCUT2D eigenvalue weighted by Gasteiger charge is 2.45. The molecular formula is C15H16N2O2. The zero-order valence-corrected chi connectivity index (χ0v) is 10.6. The van der Waals surface area contributed by atoms with Crippen LogP contribution < -0.4 is 10.6 Å². The number of hydrogen-bond acceptors (Lipinski definition) is 2. The van der Waals surface area contributed by atoms with Gasteiger partial charge >= 0.3 is 0 Å². The predicted octanol–water partition coefficient (Wildman–Crippen LogP) is 2.72. The maximum Gasteiger partial charge on any atom is 0.240 e. The summed E-state index contributed by atoms with van der Waals surface area (Å²) >= 11 is 0. The molecule has 2 rings (SSSR count). The van der Waals surface area contributed by atoms with E-state index in [0.717, 1.165) is 0 Å². The lowest BCUT2D eigenvalue weighted by atomic mass is 9.79. The summed E-state index contributed by atoms with van der Waals surface area (Å²) in [5.41, 5.74) is 0.0365. The van der Waals surface area contributed by atoms with Crippen molar-refractivity contribution >= 4 is 23.2 Å². The van der Waals surface area contributed by atoms with Crippen molar-refractivity contribution in [2.24, 2.45) is 5.41 Å². The molecule has 2 N–H and O–H groups in total. The quantitative estimate of drug-likeness (QED) is 0.642. The molecule has 0 aromatic heterocycles. The number of rotatable bonds is 4. The number of allylic oxidation sites excluding steroid dienone is 2. The Morgan fingerprint density at radius 3 is 1.74 bits per heavy atom. The van der Waals surface area contributed by atoms with Crippen molar-refractivity contribution in [1.82, 2.24) is 0 Å². The van der Waals surface area contributed by atoms with Crippen molar-refractivity contribution in [2.75, 3.05) is 10.6 Å². The van der Waals surface area contributed by atoms with Crippen LogP contribution in [0.2, 0.25) is 0 Å². The zero-order valence-electron chi connectivity index (χ0n) is 10.6. The zero-order chi connectivity index (χ0) is 13.9. The Morgan fingerprint density at radius 1 is 0.947 bits per heavy atom. The van der Waals surface area contributed by atoms with Gasteiger partial charge in [-0.2, -0.15) is 0 Å². The number of carbonyl (C=O) groups excluding carboxylic acids is 2. The molecule has 1 aromatic rings. The fourth-order valence-corrected chi connectivity index (χ4v) is 2.24. The molecule has 1 aliphatic heterocycles. The second kappa shape index (κ2) is 5.10. The fraction of sp³-hybridized carbons (Fsp3) is 0.200. The van der Waals surface area contributed by atoms with Gasteiger partial charge in [-0.05, 0) is 25.0 Å². The monoisotopic (exact) mass is 256 g/mol. The van der Waals surface area contributed by atoms with Gasteiger partial charge in [0.1, 0.15) is 5.41 Å². The van der Waals surface area contributed by atoms with E-state index in [1.807, 2.05) is 0 Å². The molecule has 0 saturated carbocycles. The Hall–Kier alpha value is -2.36. The van der Waals surface area contributed by atoms with Crippen LogP contribution >= 0.6 is 0 Å². The molecule has 1 aliphatic rings. The first-order chi connectivity index (χ1) is 9.14. The fourth-order valence-electron chi connectivity index (χ4n) is 2.24. The average Bonchev–Trinajstić information content (AvgIpc) is 2.48. The van der Waals surface area contributed by atoms with Gasteiger partial charge in [0.05, 0.1) is 11.4 Å². The summed E-state index contributed by atoms with van der Waals surface area (Å²) in [5, 5.41) is 5.59. The Kier molecular flexibility index (Phi) is 3.51. The summed E-state index contributed by atoms with van der Waals surface area (Å²) in [4.78, 5) is 24.8. The molecule has 0 radical (unpaired) electrons. The van der Waals surface area contributed by atoms with Gasteiger partial charge in [-0.3, -0.25) is 9.59 Å². The summed E-state index contributed by atoms with van der Waals surface area (Å²) < 4.78 is 0. The van der Waals surface area contributed by atoms with Crippen LogP contribution in [0.5, 0.6) is 0 Å². The maximum absolute atomic E-state index is 12.4. The molecule has 1 heterocycles. The Balaban J connectivity index is 2.48. The van der Waals surface area contributed by atoms with E-state index < -0.39 is 5.41 Å². The highest BCUT2D eigenvalue weighted by Crippen LogP contribution is 2.36. The lowest BCUT2D eigenvalue weighted by Gasteiger charge is -2.26. The summed E-state index contributed by atoms with van der Waals surface area (Å²) in [6, 6.07) is 7.12. The molecule has 1 aromatic carbocycles. The molecule has 19 heavy (non-hydrogen) atoms. The molecule has 0 unspecified atom stereocenters. The number of anilines is 2. The van der Waals surface area contributed by atoms with E-state index in [9.17, 15) is 9.59 Å². The number of benzene rings is 1. The Bertz CT molecular complexity index is 500. The van der Waals surface area contributed by atoms with E-state index in [1.54, 1.807) is 36.4 Å². The van der Waals surface area contributed by atoms with Crippen molar-refractivity contribution in [3.05, 3.63) is 49.6 Å². The lowest BCUT2D eigenvalue weighted by Crippen LogP contribution is -2.43. The third-order valence-electron chi connectivity index (χ3n) is 3.28. The first-order valence-electron chi connectivity index (χ1n) is 6.08. The van der Waals surface area contributed by atoms with Crippen LogP contribution in [-0.4, -0.2) is 11.8 Å². The molecule has 4 nitrogen and oxygen atoms in total. The maximum atomic E-state index is 12.4. The van der Waals surface area contributed by atoms with Crippen LogP contribution in [0.1, 0.15) is 12.8 Å². The van der Waals surface area contributed by atoms with Crippen molar-refractivity contribution < 1.29 is 9.59 Å². The smallest absolute Gasteiger partial charge is 0.240 e. The highest BCUT2D eigenvalue weighted by molar-refractivity contribution is 6.19. The Morgan fingerprint density at radius 2 is 1.37 bits per heavy atom. The molecule has 0 aliphatic carbocycles. The average molecular weight is 256 g/mol. The van der Waals surface area contributed by atoms with Crippen LogP contribution in [-0.2, 0) is 9.59 Å². The van der Waals surface area contributed by atoms with Gasteiger partial charge in [0.25, 0.3) is 0 Å². The summed E-state index contributed by atoms with van der Waals surface area (Å²) in [5.74, 6) is -0.649. The topological polar surface area (TPSA) is 58.2 Å². The standard InChI is InChI=1S/C15H16N2O2/c1-3-9-15(10-4-2)13(18)16-11-7-5-6-8-12(11)17-14(15)19/h3-8H,1-2,9-10H2,(H,16,18)(H,17,19). The number of hydrogen-bond donors (Lipinski definition) is 2. The first-order valence-corrected chi connectivity index (χ1v) is 6.08. The van der Waals surface area contributed by atoms with E-state index in [2.05, 4.69) is 23.8 Å². The summed E-state index contributed by atoms with van der Waals surface area (Å²) in [7, 11) is 0. The van der Waals surface area contributed by atoms with E-state index in [-0.39, 0.29) is 24.7 Å². The van der Waals surface area contributed by atoms with Crippen molar-refractivity contribution in [3.63, 3.8) is 0 Å². The SMILES string of the molecule is C=CCC1(CC=C)C(=O)Nc2ccccc2NC1=O. The molecule has 0 saturated heterocycles. The van der Waals surface area contributed by atoms with Crippen LogP contribution in [0.4, 0.5) is 11.4 Å². The number of nitrogens with one attached hydrogen (secondary N) is 2. The number of fused-ring (bicyclic) bond motifs is 1. The van der Waals surface area contributed by atoms with Gasteiger partial charge in [-0.1, -0.05) is 24.3 Å². The number of para-hydroxylation sites is 2. The highest BCUT2D eigenvalue weighted by atomic mass is 16.2. The van der Waals surface area contributed by atoms with Crippen LogP contribution in [0.25, 0.3) is 0 Å². The van der Waals surface area contributed by atoms with Crippen molar-refractivity contribution in [1.29, 1.82) is 0 Å². The van der Waals surface area contributed by atoms with Crippen LogP contribution in [0.15, 0.2) is 49.6 Å². The third-order valence-corrected chi connectivity index (χ3v) is 3.28. The van der Waals surface area contributed by atoms with Crippen molar-refractivity contribution in [3.8, 4) is 0 Å². The molecule has 98 valence electrons. The second-order valence-corrected chi connectivity index (χ2v) is 4.52. The summed E-state index contributed by atoms with van der Waals surface area (Å²) in [6.45, 7) is 7.27. The van der Waals surface area contributed by atoms with Gasteiger partial charge in [0.15, 0.2) is 0 Å². The molecule has 2 amide bonds.